The summed E-state index contributed by atoms with van der Waals surface area (Å²) in [4.78, 5) is 30.1. The smallest absolute Gasteiger partial charge is 0.422 e. The lowest BCUT2D eigenvalue weighted by molar-refractivity contribution is -0.147. The van der Waals surface area contributed by atoms with Gasteiger partial charge in [0.25, 0.3) is 0 Å². The number of carbonyl (C=O) groups is 1. The summed E-state index contributed by atoms with van der Waals surface area (Å²) in [5.41, 5.74) is 5.81. The summed E-state index contributed by atoms with van der Waals surface area (Å²) in [6.45, 7) is 6.35. The van der Waals surface area contributed by atoms with Crippen molar-refractivity contribution in [2.75, 3.05) is 31.1 Å². The third kappa shape index (κ3) is 12.8. The van der Waals surface area contributed by atoms with Crippen LogP contribution in [0.2, 0.25) is 0 Å². The molecule has 0 unspecified atom stereocenters. The number of anilines is 1. The molecule has 1 aliphatic rings. The number of rotatable bonds is 20. The number of carbonyl (C=O) groups excluding carboxylic acids is 1. The van der Waals surface area contributed by atoms with Crippen LogP contribution in [0, 0.1) is 0 Å². The van der Waals surface area contributed by atoms with E-state index in [-0.39, 0.29) is 12.7 Å². The van der Waals surface area contributed by atoms with Crippen LogP contribution >= 0.6 is 0 Å². The van der Waals surface area contributed by atoms with Crippen LogP contribution < -0.4 is 10.7 Å². The van der Waals surface area contributed by atoms with E-state index in [0.29, 0.717) is 23.9 Å². The Hall–Kier alpha value is -5.14. The first kappa shape index (κ1) is 39.1. The Kier molecular flexibility index (Phi) is 16.3. The van der Waals surface area contributed by atoms with Gasteiger partial charge in [-0.3, -0.25) is 9.69 Å². The first-order valence-corrected chi connectivity index (χ1v) is 19.3. The van der Waals surface area contributed by atoms with Gasteiger partial charge in [-0.05, 0) is 79.8 Å². The number of aromatic nitrogens is 1. The molecule has 1 saturated heterocycles. The summed E-state index contributed by atoms with van der Waals surface area (Å²) in [5, 5.41) is 0. The fourth-order valence-electron chi connectivity index (χ4n) is 6.39. The molecule has 2 heterocycles. The van der Waals surface area contributed by atoms with Crippen molar-refractivity contribution in [3.8, 4) is 11.1 Å². The van der Waals surface area contributed by atoms with E-state index in [1.54, 1.807) is 0 Å². The summed E-state index contributed by atoms with van der Waals surface area (Å²) < 4.78 is 12.6. The maximum atomic E-state index is 12.9. The molecule has 1 fully saturated rings. The maximum Gasteiger partial charge on any atom is 0.422 e. The summed E-state index contributed by atoms with van der Waals surface area (Å²) in [5.74, 6) is -0.845. The van der Waals surface area contributed by atoms with E-state index >= 15 is 0 Å². The molecule has 7 nitrogen and oxygen atoms in total. The molecule has 0 saturated carbocycles. The summed E-state index contributed by atoms with van der Waals surface area (Å²) in [6, 6.07) is 25.0. The number of hydrogen-bond donors (Lipinski definition) is 0. The van der Waals surface area contributed by atoms with E-state index in [2.05, 4.69) is 126 Å². The van der Waals surface area contributed by atoms with Gasteiger partial charge in [0.1, 0.15) is 0 Å². The van der Waals surface area contributed by atoms with Crippen LogP contribution in [-0.2, 0) is 22.8 Å². The van der Waals surface area contributed by atoms with E-state index in [9.17, 15) is 9.59 Å². The minimum Gasteiger partial charge on any atom is -0.444 e. The molecule has 1 aromatic heterocycles. The standard InChI is InChI=1S/C46H55N3O4/c1-2-3-4-5-6-7-8-9-10-11-12-13-14-15-16-17-18-22-31-44(50)52-38-49-43-30-24-29-42(45(43)53-46(49)51)48-34-32-47(33-35-48)37-39-25-23-28-41(36-39)40-26-20-19-21-27-40/h4-5,7-8,10-11,13-14,16-17,19-21,23-30,36H,2-3,6,9,12,15,18,22,31-35,37-38H2,1H3. The first-order valence-electron chi connectivity index (χ1n) is 19.3. The van der Waals surface area contributed by atoms with Crippen LogP contribution in [0.3, 0.4) is 0 Å². The van der Waals surface area contributed by atoms with Crippen LogP contribution in [0.5, 0.6) is 0 Å². The van der Waals surface area contributed by atoms with Gasteiger partial charge in [-0.2, -0.15) is 0 Å². The van der Waals surface area contributed by atoms with Crippen LogP contribution in [0.1, 0.15) is 70.3 Å². The molecule has 0 aliphatic carbocycles. The fraction of sp³-hybridized carbons (Fsp3) is 0.348. The number of para-hydroxylation sites is 1. The zero-order chi connectivity index (χ0) is 36.9. The predicted octanol–water partition coefficient (Wildman–Crippen LogP) is 10.4. The molecule has 1 aliphatic heterocycles. The number of unbranched alkanes of at least 4 members (excludes halogenated alkanes) is 2. The van der Waals surface area contributed by atoms with Gasteiger partial charge in [-0.1, -0.05) is 129 Å². The molecule has 4 aromatic rings. The number of fused-ring (bicyclic) bond motifs is 1. The Bertz CT molecular complexity index is 1910. The van der Waals surface area contributed by atoms with Crippen molar-refractivity contribution in [3.05, 3.63) is 150 Å². The molecule has 0 amide bonds. The highest BCUT2D eigenvalue weighted by molar-refractivity contribution is 5.87. The topological polar surface area (TPSA) is 67.9 Å². The van der Waals surface area contributed by atoms with Crippen molar-refractivity contribution in [1.29, 1.82) is 0 Å². The summed E-state index contributed by atoms with van der Waals surface area (Å²) in [7, 11) is 0. The number of ether oxygens (including phenoxy) is 1. The zero-order valence-corrected chi connectivity index (χ0v) is 31.3. The van der Waals surface area contributed by atoms with Gasteiger partial charge in [0.2, 0.25) is 0 Å². The lowest BCUT2D eigenvalue weighted by Crippen LogP contribution is -2.46. The van der Waals surface area contributed by atoms with E-state index in [0.717, 1.165) is 76.9 Å². The Morgan fingerprint density at radius 3 is 2.02 bits per heavy atom. The number of allylic oxidation sites excluding steroid dienone is 10. The molecular weight excluding hydrogens is 659 g/mol. The highest BCUT2D eigenvalue weighted by atomic mass is 16.5. The third-order valence-corrected chi connectivity index (χ3v) is 9.31. The highest BCUT2D eigenvalue weighted by Gasteiger charge is 2.22. The number of benzene rings is 3. The Balaban J connectivity index is 0.992. The largest absolute Gasteiger partial charge is 0.444 e. The molecule has 278 valence electrons. The second-order valence-corrected chi connectivity index (χ2v) is 13.4. The molecule has 0 atom stereocenters. The number of oxazole rings is 1. The molecule has 5 rings (SSSR count). The monoisotopic (exact) mass is 713 g/mol. The van der Waals surface area contributed by atoms with Gasteiger partial charge in [-0.15, -0.1) is 0 Å². The molecular formula is C46H55N3O4. The lowest BCUT2D eigenvalue weighted by Gasteiger charge is -2.36. The van der Waals surface area contributed by atoms with Gasteiger partial charge in [-0.25, -0.2) is 9.36 Å². The van der Waals surface area contributed by atoms with Crippen LogP contribution in [0.25, 0.3) is 22.2 Å². The van der Waals surface area contributed by atoms with Crippen molar-refractivity contribution in [2.45, 2.75) is 78.0 Å². The fourth-order valence-corrected chi connectivity index (χ4v) is 6.39. The van der Waals surface area contributed by atoms with E-state index < -0.39 is 5.76 Å². The van der Waals surface area contributed by atoms with E-state index in [1.165, 1.54) is 27.7 Å². The van der Waals surface area contributed by atoms with Gasteiger partial charge in [0.05, 0.1) is 11.2 Å². The first-order chi connectivity index (χ1) is 26.1. The molecule has 0 spiro atoms. The zero-order valence-electron chi connectivity index (χ0n) is 31.3. The van der Waals surface area contributed by atoms with Crippen molar-refractivity contribution in [1.82, 2.24) is 9.47 Å². The normalized spacial score (nSPS) is 14.3. The lowest BCUT2D eigenvalue weighted by atomic mass is 10.0. The molecule has 0 bridgehead atoms. The summed E-state index contributed by atoms with van der Waals surface area (Å²) in [6.07, 6.45) is 29.8. The second kappa shape index (κ2) is 22.0. The highest BCUT2D eigenvalue weighted by Crippen LogP contribution is 2.28. The number of esters is 1. The van der Waals surface area contributed by atoms with E-state index in [1.807, 2.05) is 24.3 Å². The SMILES string of the molecule is CCCC=CCC=CCC=CCC=CCC=CCCCC(=O)OCn1c(=O)oc2c(N3CCN(Cc4cccc(-c5ccccc5)c4)CC3)cccc21. The van der Waals surface area contributed by atoms with Crippen LogP contribution in [0.4, 0.5) is 5.69 Å². The predicted molar refractivity (Wildman–Crippen MR) is 219 cm³/mol. The molecule has 7 heteroatoms. The Morgan fingerprint density at radius 1 is 0.717 bits per heavy atom. The molecule has 0 radical (unpaired) electrons. The van der Waals surface area contributed by atoms with Gasteiger partial charge in [0, 0.05) is 39.1 Å². The van der Waals surface area contributed by atoms with E-state index in [4.69, 9.17) is 9.15 Å². The number of nitrogens with zero attached hydrogens (tertiary/aromatic N) is 3. The maximum absolute atomic E-state index is 12.9. The molecule has 0 N–H and O–H groups in total. The van der Waals surface area contributed by atoms with Crippen molar-refractivity contribution in [2.24, 2.45) is 0 Å². The Labute approximate surface area is 315 Å². The number of hydrogen-bond acceptors (Lipinski definition) is 6. The Morgan fingerprint density at radius 2 is 1.34 bits per heavy atom. The van der Waals surface area contributed by atoms with Gasteiger partial charge >= 0.3 is 11.7 Å². The van der Waals surface area contributed by atoms with Gasteiger partial charge < -0.3 is 14.1 Å². The minimum atomic E-state index is -0.522. The van der Waals surface area contributed by atoms with Crippen LogP contribution in [-0.4, -0.2) is 41.6 Å². The van der Waals surface area contributed by atoms with Crippen LogP contribution in [0.15, 0.2) is 143 Å². The van der Waals surface area contributed by atoms with Crippen molar-refractivity contribution < 1.29 is 13.9 Å². The summed E-state index contributed by atoms with van der Waals surface area (Å²) >= 11 is 0. The van der Waals surface area contributed by atoms with Crippen molar-refractivity contribution >= 4 is 22.8 Å². The number of piperazine rings is 1. The average Bonchev–Trinajstić information content (AvgIpc) is 3.52. The molecule has 3 aromatic carbocycles. The van der Waals surface area contributed by atoms with Gasteiger partial charge in [0.15, 0.2) is 12.3 Å². The minimum absolute atomic E-state index is 0.161. The second-order valence-electron chi connectivity index (χ2n) is 13.4. The average molecular weight is 714 g/mol. The molecule has 53 heavy (non-hydrogen) atoms. The quantitative estimate of drug-likeness (QED) is 0.0516. The third-order valence-electron chi connectivity index (χ3n) is 9.31. The van der Waals surface area contributed by atoms with Crippen molar-refractivity contribution in [3.63, 3.8) is 0 Å².